The lowest BCUT2D eigenvalue weighted by Gasteiger charge is -2.31. The van der Waals surface area contributed by atoms with Gasteiger partial charge >= 0.3 is 0 Å². The Balaban J connectivity index is 2.13. The van der Waals surface area contributed by atoms with E-state index in [1.54, 1.807) is 11.3 Å². The summed E-state index contributed by atoms with van der Waals surface area (Å²) in [5.74, 6) is 0. The molecule has 3 heteroatoms. The van der Waals surface area contributed by atoms with Crippen LogP contribution in [0.4, 0.5) is 0 Å². The second-order valence-electron chi connectivity index (χ2n) is 4.90. The van der Waals surface area contributed by atoms with Crippen molar-refractivity contribution in [1.82, 2.24) is 5.32 Å². The van der Waals surface area contributed by atoms with Crippen molar-refractivity contribution in [2.45, 2.75) is 51.3 Å². The summed E-state index contributed by atoms with van der Waals surface area (Å²) in [7, 11) is 0. The van der Waals surface area contributed by atoms with Gasteiger partial charge < -0.3 is 10.1 Å². The van der Waals surface area contributed by atoms with Gasteiger partial charge in [0.05, 0.1) is 0 Å². The van der Waals surface area contributed by atoms with E-state index >= 15 is 0 Å². The van der Waals surface area contributed by atoms with Gasteiger partial charge in [0.25, 0.3) is 0 Å². The number of hydrogen-bond donors (Lipinski definition) is 1. The summed E-state index contributed by atoms with van der Waals surface area (Å²) < 4.78 is 6.00. The number of ether oxygens (including phenoxy) is 1. The molecule has 16 heavy (non-hydrogen) atoms. The zero-order valence-corrected chi connectivity index (χ0v) is 11.1. The van der Waals surface area contributed by atoms with E-state index in [1.807, 2.05) is 0 Å². The summed E-state index contributed by atoms with van der Waals surface area (Å²) in [5, 5.41) is 5.85. The average Bonchev–Trinajstić information content (AvgIpc) is 2.72. The van der Waals surface area contributed by atoms with Crippen LogP contribution in [0, 0.1) is 0 Å². The molecule has 1 N–H and O–H groups in total. The minimum atomic E-state index is 0.216. The van der Waals surface area contributed by atoms with E-state index in [0.29, 0.717) is 6.04 Å². The molecule has 1 fully saturated rings. The van der Waals surface area contributed by atoms with Crippen molar-refractivity contribution >= 4 is 11.3 Å². The highest BCUT2D eigenvalue weighted by molar-refractivity contribution is 7.10. The number of thiophene rings is 1. The van der Waals surface area contributed by atoms with Gasteiger partial charge in [-0.2, -0.15) is 0 Å². The van der Waals surface area contributed by atoms with E-state index < -0.39 is 0 Å². The lowest BCUT2D eigenvalue weighted by molar-refractivity contribution is 0.0485. The van der Waals surface area contributed by atoms with Gasteiger partial charge in [-0.15, -0.1) is 11.3 Å². The first-order chi connectivity index (χ1) is 7.64. The summed E-state index contributed by atoms with van der Waals surface area (Å²) in [6.45, 7) is 7.61. The summed E-state index contributed by atoms with van der Waals surface area (Å²) in [5.41, 5.74) is 0.228. The highest BCUT2D eigenvalue weighted by atomic mass is 32.1. The van der Waals surface area contributed by atoms with Crippen molar-refractivity contribution in [3.05, 3.63) is 22.4 Å². The minimum Gasteiger partial charge on any atom is -0.371 e. The van der Waals surface area contributed by atoms with Crippen molar-refractivity contribution in [2.24, 2.45) is 0 Å². The molecule has 90 valence electrons. The summed E-state index contributed by atoms with van der Waals surface area (Å²) >= 11 is 1.79. The molecule has 0 radical (unpaired) electrons. The molecule has 2 nitrogen and oxygen atoms in total. The van der Waals surface area contributed by atoms with Crippen LogP contribution in [0.3, 0.4) is 0 Å². The molecule has 0 aromatic carbocycles. The maximum absolute atomic E-state index is 6.00. The topological polar surface area (TPSA) is 21.3 Å². The molecule has 2 heterocycles. The zero-order chi connectivity index (χ0) is 11.6. The van der Waals surface area contributed by atoms with E-state index in [9.17, 15) is 0 Å². The van der Waals surface area contributed by atoms with Crippen LogP contribution >= 0.6 is 11.3 Å². The molecule has 1 aliphatic heterocycles. The molecule has 2 rings (SSSR count). The van der Waals surface area contributed by atoms with Gasteiger partial charge in [-0.1, -0.05) is 13.0 Å². The molecule has 1 aromatic heterocycles. The molecule has 0 amide bonds. The van der Waals surface area contributed by atoms with Crippen molar-refractivity contribution in [1.29, 1.82) is 0 Å². The van der Waals surface area contributed by atoms with Crippen molar-refractivity contribution < 1.29 is 4.74 Å². The number of nitrogens with one attached hydrogen (secondary N) is 1. The lowest BCUT2D eigenvalue weighted by atomic mass is 9.94. The van der Waals surface area contributed by atoms with Gasteiger partial charge in [0, 0.05) is 23.1 Å². The van der Waals surface area contributed by atoms with E-state index in [4.69, 9.17) is 4.74 Å². The van der Waals surface area contributed by atoms with Crippen LogP contribution in [0.1, 0.15) is 44.6 Å². The smallest absolute Gasteiger partial charge is 0.107 e. The van der Waals surface area contributed by atoms with Crippen LogP contribution in [0.2, 0.25) is 0 Å². The van der Waals surface area contributed by atoms with Crippen LogP contribution in [-0.4, -0.2) is 18.2 Å². The van der Waals surface area contributed by atoms with E-state index in [1.165, 1.54) is 4.88 Å². The monoisotopic (exact) mass is 239 g/mol. The van der Waals surface area contributed by atoms with E-state index in [0.717, 1.165) is 19.4 Å². The third-order valence-corrected chi connectivity index (χ3v) is 4.52. The molecule has 3 atom stereocenters. The predicted molar refractivity (Wildman–Crippen MR) is 68.9 cm³/mol. The lowest BCUT2D eigenvalue weighted by Crippen LogP contribution is -2.47. The van der Waals surface area contributed by atoms with Crippen molar-refractivity contribution in [3.8, 4) is 0 Å². The van der Waals surface area contributed by atoms with E-state index in [-0.39, 0.29) is 11.6 Å². The second-order valence-corrected chi connectivity index (χ2v) is 5.88. The van der Waals surface area contributed by atoms with Crippen LogP contribution < -0.4 is 5.32 Å². The third kappa shape index (κ3) is 2.47. The highest BCUT2D eigenvalue weighted by Crippen LogP contribution is 2.31. The van der Waals surface area contributed by atoms with Crippen LogP contribution in [-0.2, 0) is 4.74 Å². The fraction of sp³-hybridized carbons (Fsp3) is 0.692. The maximum Gasteiger partial charge on any atom is 0.107 e. The molecule has 3 unspecified atom stereocenters. The Bertz CT molecular complexity index is 325. The van der Waals surface area contributed by atoms with Gasteiger partial charge in [-0.25, -0.2) is 0 Å². The van der Waals surface area contributed by atoms with Gasteiger partial charge in [-0.05, 0) is 38.1 Å². The first-order valence-corrected chi connectivity index (χ1v) is 6.95. The Hall–Kier alpha value is -0.380. The normalized spacial score (nSPS) is 35.9. The Labute approximate surface area is 102 Å². The van der Waals surface area contributed by atoms with Crippen LogP contribution in [0.15, 0.2) is 17.5 Å². The third-order valence-electron chi connectivity index (χ3n) is 3.59. The Morgan fingerprint density at radius 1 is 1.62 bits per heavy atom. The standard InChI is InChI=1S/C13H21NOS/c1-4-13(3)7-8-15-12(10(2)14-13)11-6-5-9-16-11/h5-6,9-10,12,14H,4,7-8H2,1-3H3. The highest BCUT2D eigenvalue weighted by Gasteiger charge is 2.32. The van der Waals surface area contributed by atoms with Crippen molar-refractivity contribution in [3.63, 3.8) is 0 Å². The average molecular weight is 239 g/mol. The molecule has 1 aliphatic rings. The number of rotatable bonds is 2. The number of hydrogen-bond acceptors (Lipinski definition) is 3. The second kappa shape index (κ2) is 4.86. The molecule has 0 bridgehead atoms. The fourth-order valence-corrected chi connectivity index (χ4v) is 3.19. The molecule has 1 aromatic rings. The largest absolute Gasteiger partial charge is 0.371 e. The summed E-state index contributed by atoms with van der Waals surface area (Å²) in [6.07, 6.45) is 2.46. The van der Waals surface area contributed by atoms with Crippen LogP contribution in [0.5, 0.6) is 0 Å². The molecule has 0 aliphatic carbocycles. The first-order valence-electron chi connectivity index (χ1n) is 6.07. The SMILES string of the molecule is CCC1(C)CCOC(c2cccs2)C(C)N1. The Morgan fingerprint density at radius 2 is 2.44 bits per heavy atom. The van der Waals surface area contributed by atoms with Gasteiger partial charge in [-0.3, -0.25) is 0 Å². The molecule has 1 saturated heterocycles. The van der Waals surface area contributed by atoms with Gasteiger partial charge in [0.1, 0.15) is 6.10 Å². The zero-order valence-electron chi connectivity index (χ0n) is 10.3. The summed E-state index contributed by atoms with van der Waals surface area (Å²) in [6, 6.07) is 4.65. The van der Waals surface area contributed by atoms with Gasteiger partial charge in [0.2, 0.25) is 0 Å². The fourth-order valence-electron chi connectivity index (χ4n) is 2.31. The Morgan fingerprint density at radius 3 is 3.06 bits per heavy atom. The maximum atomic E-state index is 6.00. The molecule has 0 spiro atoms. The van der Waals surface area contributed by atoms with Gasteiger partial charge in [0.15, 0.2) is 0 Å². The minimum absolute atomic E-state index is 0.216. The predicted octanol–water partition coefficient (Wildman–Crippen LogP) is 3.36. The molecular formula is C13H21NOS. The first kappa shape index (κ1) is 12.1. The molecule has 0 saturated carbocycles. The quantitative estimate of drug-likeness (QED) is 0.854. The molecular weight excluding hydrogens is 218 g/mol. The van der Waals surface area contributed by atoms with E-state index in [2.05, 4.69) is 43.6 Å². The van der Waals surface area contributed by atoms with Crippen molar-refractivity contribution in [2.75, 3.05) is 6.61 Å². The Kier molecular flexibility index (Phi) is 3.67. The van der Waals surface area contributed by atoms with Crippen LogP contribution in [0.25, 0.3) is 0 Å². The summed E-state index contributed by atoms with van der Waals surface area (Å²) in [4.78, 5) is 1.33.